The zero-order chi connectivity index (χ0) is 70.0. The maximum Gasteiger partial charge on any atom is 0.472 e. The van der Waals surface area contributed by atoms with E-state index in [2.05, 4.69) is 41.5 Å². The summed E-state index contributed by atoms with van der Waals surface area (Å²) >= 11 is 0. The van der Waals surface area contributed by atoms with Crippen LogP contribution in [0.1, 0.15) is 395 Å². The van der Waals surface area contributed by atoms with Gasteiger partial charge in [-0.1, -0.05) is 343 Å². The molecule has 0 radical (unpaired) electrons. The molecular weight excluding hydrogens is 1250 g/mol. The van der Waals surface area contributed by atoms with Crippen molar-refractivity contribution in [1.82, 2.24) is 0 Å². The van der Waals surface area contributed by atoms with Crippen LogP contribution in [0.2, 0.25) is 0 Å². The van der Waals surface area contributed by atoms with Gasteiger partial charge in [0.1, 0.15) is 19.3 Å². The highest BCUT2D eigenvalue weighted by molar-refractivity contribution is 7.47. The standard InChI is InChI=1S/C76H148O17P2/c1-7-10-12-14-16-18-20-21-24-28-32-35-39-46-52-58-73(78)86-64-71(92-76(81)61-55-49-41-37-33-29-26-23-22-25-27-31-34-38-44-50-56-68(4)5)66-90-94(82,83)88-62-70(77)63-89-95(84,85)91-67-72(65-87-74(79)59-53-47-43-42-45-51-57-69(6)9-3)93-75(80)60-54-48-40-36-30-19-17-15-13-11-8-2/h68-72,77H,7-67H2,1-6H3,(H,82,83)(H,84,85)/t69?,70-,71-,72-/m1/s1. The maximum atomic E-state index is 13.1. The average Bonchev–Trinajstić information content (AvgIpc) is 1.50. The van der Waals surface area contributed by atoms with Crippen LogP contribution in [0.15, 0.2) is 0 Å². The van der Waals surface area contributed by atoms with E-state index in [1.807, 2.05) is 0 Å². The third kappa shape index (κ3) is 69.0. The second-order valence-corrected chi connectivity index (χ2v) is 31.0. The minimum atomic E-state index is -4.96. The quantitative estimate of drug-likeness (QED) is 0.0222. The van der Waals surface area contributed by atoms with Crippen molar-refractivity contribution in [2.24, 2.45) is 11.8 Å². The van der Waals surface area contributed by atoms with Gasteiger partial charge < -0.3 is 33.8 Å². The number of hydrogen-bond donors (Lipinski definition) is 3. The van der Waals surface area contributed by atoms with Crippen molar-refractivity contribution in [3.8, 4) is 0 Å². The number of carbonyl (C=O) groups is 4. The van der Waals surface area contributed by atoms with Crippen molar-refractivity contribution in [3.63, 3.8) is 0 Å². The van der Waals surface area contributed by atoms with Crippen LogP contribution in [0.3, 0.4) is 0 Å². The molecule has 0 aliphatic rings. The summed E-state index contributed by atoms with van der Waals surface area (Å²) in [5.74, 6) is -0.575. The van der Waals surface area contributed by atoms with Crippen LogP contribution >= 0.6 is 15.6 Å². The second kappa shape index (κ2) is 67.9. The van der Waals surface area contributed by atoms with Crippen LogP contribution < -0.4 is 0 Å². The fourth-order valence-corrected chi connectivity index (χ4v) is 13.2. The Morgan fingerprint density at radius 1 is 0.305 bits per heavy atom. The Morgan fingerprint density at radius 2 is 0.537 bits per heavy atom. The zero-order valence-electron chi connectivity index (χ0n) is 62.0. The first-order valence-corrected chi connectivity index (χ1v) is 42.5. The molecule has 0 aromatic carbocycles. The molecular formula is C76H148O17P2. The molecule has 564 valence electrons. The molecule has 0 rings (SSSR count). The molecule has 0 amide bonds. The molecule has 0 fully saturated rings. The van der Waals surface area contributed by atoms with E-state index in [0.717, 1.165) is 108 Å². The molecule has 6 atom stereocenters. The number of phosphoric acid groups is 2. The van der Waals surface area contributed by atoms with Gasteiger partial charge in [0.05, 0.1) is 26.4 Å². The van der Waals surface area contributed by atoms with Gasteiger partial charge in [0.2, 0.25) is 0 Å². The lowest BCUT2D eigenvalue weighted by atomic mass is 10.00. The van der Waals surface area contributed by atoms with Gasteiger partial charge in [-0.05, 0) is 37.5 Å². The van der Waals surface area contributed by atoms with Gasteiger partial charge in [-0.3, -0.25) is 37.3 Å². The zero-order valence-corrected chi connectivity index (χ0v) is 63.8. The number of ether oxygens (including phenoxy) is 4. The molecule has 3 N–H and O–H groups in total. The Morgan fingerprint density at radius 3 is 0.800 bits per heavy atom. The Kier molecular flexibility index (Phi) is 66.5. The Labute approximate surface area is 581 Å². The maximum absolute atomic E-state index is 13.1. The first-order chi connectivity index (χ1) is 45.9. The topological polar surface area (TPSA) is 237 Å². The van der Waals surface area contributed by atoms with Crippen molar-refractivity contribution in [1.29, 1.82) is 0 Å². The second-order valence-electron chi connectivity index (χ2n) is 28.1. The smallest absolute Gasteiger partial charge is 0.462 e. The summed E-state index contributed by atoms with van der Waals surface area (Å²) in [4.78, 5) is 72.8. The highest BCUT2D eigenvalue weighted by Crippen LogP contribution is 2.45. The van der Waals surface area contributed by atoms with Crippen LogP contribution in [-0.2, 0) is 65.4 Å². The van der Waals surface area contributed by atoms with E-state index in [4.69, 9.17) is 37.0 Å². The number of aliphatic hydroxyl groups is 1. The van der Waals surface area contributed by atoms with Crippen molar-refractivity contribution in [3.05, 3.63) is 0 Å². The van der Waals surface area contributed by atoms with E-state index in [0.29, 0.717) is 25.7 Å². The lowest BCUT2D eigenvalue weighted by Crippen LogP contribution is -2.30. The molecule has 0 aliphatic carbocycles. The van der Waals surface area contributed by atoms with E-state index in [1.54, 1.807) is 0 Å². The summed E-state index contributed by atoms with van der Waals surface area (Å²) in [5.41, 5.74) is 0. The number of hydrogen-bond acceptors (Lipinski definition) is 15. The highest BCUT2D eigenvalue weighted by atomic mass is 31.2. The highest BCUT2D eigenvalue weighted by Gasteiger charge is 2.30. The average molecular weight is 1400 g/mol. The monoisotopic (exact) mass is 1400 g/mol. The number of phosphoric ester groups is 2. The number of aliphatic hydroxyl groups excluding tert-OH is 1. The Bertz CT molecular complexity index is 1840. The van der Waals surface area contributed by atoms with Crippen molar-refractivity contribution >= 4 is 39.5 Å². The molecule has 0 bridgehead atoms. The van der Waals surface area contributed by atoms with Crippen molar-refractivity contribution in [2.75, 3.05) is 39.6 Å². The van der Waals surface area contributed by atoms with Gasteiger partial charge in [0.15, 0.2) is 12.2 Å². The predicted molar refractivity (Wildman–Crippen MR) is 386 cm³/mol. The summed E-state index contributed by atoms with van der Waals surface area (Å²) in [5, 5.41) is 10.6. The molecule has 0 saturated heterocycles. The third-order valence-electron chi connectivity index (χ3n) is 18.1. The molecule has 19 heteroatoms. The summed E-state index contributed by atoms with van der Waals surface area (Å²) < 4.78 is 68.5. The lowest BCUT2D eigenvalue weighted by molar-refractivity contribution is -0.161. The molecule has 0 heterocycles. The predicted octanol–water partition coefficient (Wildman–Crippen LogP) is 22.3. The first-order valence-electron chi connectivity index (χ1n) is 39.5. The fourth-order valence-electron chi connectivity index (χ4n) is 11.6. The molecule has 0 aromatic rings. The molecule has 3 unspecified atom stereocenters. The number of unbranched alkanes of at least 4 members (excludes halogenated alkanes) is 44. The number of carbonyl (C=O) groups excluding carboxylic acids is 4. The minimum absolute atomic E-state index is 0.106. The fraction of sp³-hybridized carbons (Fsp3) is 0.947. The van der Waals surface area contributed by atoms with E-state index < -0.39 is 97.5 Å². The van der Waals surface area contributed by atoms with Crippen LogP contribution in [-0.4, -0.2) is 96.7 Å². The summed E-state index contributed by atoms with van der Waals surface area (Å²) in [6.45, 7) is 9.59. The third-order valence-corrected chi connectivity index (χ3v) is 20.0. The molecule has 17 nitrogen and oxygen atoms in total. The summed E-state index contributed by atoms with van der Waals surface area (Å²) in [6, 6.07) is 0. The van der Waals surface area contributed by atoms with E-state index in [1.165, 1.54) is 205 Å². The number of esters is 4. The van der Waals surface area contributed by atoms with Gasteiger partial charge in [0, 0.05) is 25.7 Å². The van der Waals surface area contributed by atoms with Crippen molar-refractivity contribution in [2.45, 2.75) is 413 Å². The van der Waals surface area contributed by atoms with Crippen molar-refractivity contribution < 1.29 is 80.2 Å². The molecule has 95 heavy (non-hydrogen) atoms. The molecule has 0 aromatic heterocycles. The Balaban J connectivity index is 5.23. The van der Waals surface area contributed by atoms with E-state index >= 15 is 0 Å². The summed E-state index contributed by atoms with van der Waals surface area (Å²) in [7, 11) is -9.91. The largest absolute Gasteiger partial charge is 0.472 e. The van der Waals surface area contributed by atoms with Gasteiger partial charge in [-0.15, -0.1) is 0 Å². The van der Waals surface area contributed by atoms with Gasteiger partial charge >= 0.3 is 39.5 Å². The normalized spacial score (nSPS) is 14.3. The minimum Gasteiger partial charge on any atom is -0.462 e. The SMILES string of the molecule is CCCCCCCCCCCCCCCCCC(=O)OC[C@H](COP(=O)(O)OC[C@@H](O)COP(=O)(O)OC[C@@H](COC(=O)CCCCCCCCC(C)CC)OC(=O)CCCCCCCCCCCCC)OC(=O)CCCCCCCCCCCCCCCCCCC(C)C. The molecule has 0 saturated carbocycles. The van der Waals surface area contributed by atoms with Crippen LogP contribution in [0.25, 0.3) is 0 Å². The van der Waals surface area contributed by atoms with Crippen LogP contribution in [0, 0.1) is 11.8 Å². The van der Waals surface area contributed by atoms with Crippen LogP contribution in [0.5, 0.6) is 0 Å². The Hall–Kier alpha value is -1.94. The van der Waals surface area contributed by atoms with Crippen LogP contribution in [0.4, 0.5) is 0 Å². The van der Waals surface area contributed by atoms with Gasteiger partial charge in [0.25, 0.3) is 0 Å². The van der Waals surface area contributed by atoms with E-state index in [-0.39, 0.29) is 25.7 Å². The first kappa shape index (κ1) is 93.1. The van der Waals surface area contributed by atoms with Gasteiger partial charge in [-0.2, -0.15) is 0 Å². The molecule has 0 spiro atoms. The lowest BCUT2D eigenvalue weighted by Gasteiger charge is -2.21. The van der Waals surface area contributed by atoms with Gasteiger partial charge in [-0.25, -0.2) is 9.13 Å². The molecule has 0 aliphatic heterocycles. The number of rotatable bonds is 75. The summed E-state index contributed by atoms with van der Waals surface area (Å²) in [6.07, 6.45) is 55.5. The van der Waals surface area contributed by atoms with E-state index in [9.17, 15) is 43.2 Å².